The molecule has 0 aliphatic rings. The third-order valence-electron chi connectivity index (χ3n) is 2.15. The molecular weight excluding hydrogens is 224 g/mol. The van der Waals surface area contributed by atoms with Gasteiger partial charge in [0.15, 0.2) is 0 Å². The van der Waals surface area contributed by atoms with Gasteiger partial charge in [-0.15, -0.1) is 0 Å². The highest BCUT2D eigenvalue weighted by molar-refractivity contribution is 5.82. The highest BCUT2D eigenvalue weighted by Gasteiger charge is 2.18. The fourth-order valence-electron chi connectivity index (χ4n) is 1.31. The second-order valence-electron chi connectivity index (χ2n) is 3.54. The van der Waals surface area contributed by atoms with E-state index in [1.54, 1.807) is 12.4 Å². The second-order valence-corrected chi connectivity index (χ2v) is 3.54. The summed E-state index contributed by atoms with van der Waals surface area (Å²) >= 11 is 0. The van der Waals surface area contributed by atoms with Gasteiger partial charge in [0.1, 0.15) is 11.9 Å². The molecule has 1 rings (SSSR count). The molecule has 0 aromatic carbocycles. The number of aromatic nitrogens is 2. The van der Waals surface area contributed by atoms with E-state index in [1.165, 1.54) is 0 Å². The highest BCUT2D eigenvalue weighted by atomic mass is 16.4. The summed E-state index contributed by atoms with van der Waals surface area (Å²) in [6.45, 7) is 2.09. The normalized spacial score (nSPS) is 11.8. The number of carboxylic acids is 1. The van der Waals surface area contributed by atoms with Crippen LogP contribution in [0.1, 0.15) is 25.6 Å². The molecule has 0 saturated carbocycles. The van der Waals surface area contributed by atoms with Crippen molar-refractivity contribution in [1.82, 2.24) is 20.6 Å². The zero-order chi connectivity index (χ0) is 12.7. The smallest absolute Gasteiger partial charge is 0.326 e. The van der Waals surface area contributed by atoms with E-state index in [-0.39, 0.29) is 6.54 Å². The van der Waals surface area contributed by atoms with Gasteiger partial charge in [0.25, 0.3) is 0 Å². The van der Waals surface area contributed by atoms with Crippen LogP contribution in [-0.4, -0.2) is 33.1 Å². The van der Waals surface area contributed by atoms with Crippen LogP contribution in [0.2, 0.25) is 0 Å². The SMILES string of the molecule is CCC[C@H](NC(=O)NCc1ncc[nH]1)C(=O)O. The second kappa shape index (κ2) is 6.51. The fourth-order valence-corrected chi connectivity index (χ4v) is 1.31. The van der Waals surface area contributed by atoms with Crippen molar-refractivity contribution in [2.24, 2.45) is 0 Å². The zero-order valence-corrected chi connectivity index (χ0v) is 9.56. The number of hydrogen-bond acceptors (Lipinski definition) is 3. The summed E-state index contributed by atoms with van der Waals surface area (Å²) in [5, 5.41) is 13.8. The number of imidazole rings is 1. The third-order valence-corrected chi connectivity index (χ3v) is 2.15. The van der Waals surface area contributed by atoms with Crippen molar-refractivity contribution in [2.75, 3.05) is 0 Å². The van der Waals surface area contributed by atoms with E-state index in [1.807, 2.05) is 6.92 Å². The maximum absolute atomic E-state index is 11.4. The number of urea groups is 1. The minimum atomic E-state index is -1.03. The van der Waals surface area contributed by atoms with Gasteiger partial charge in [-0.05, 0) is 6.42 Å². The molecule has 0 bridgehead atoms. The molecule has 1 aromatic rings. The summed E-state index contributed by atoms with van der Waals surface area (Å²) in [4.78, 5) is 28.9. The minimum Gasteiger partial charge on any atom is -0.480 e. The third kappa shape index (κ3) is 4.54. The zero-order valence-electron chi connectivity index (χ0n) is 9.56. The Balaban J connectivity index is 2.34. The lowest BCUT2D eigenvalue weighted by Gasteiger charge is -2.13. The van der Waals surface area contributed by atoms with Crippen molar-refractivity contribution >= 4 is 12.0 Å². The number of nitrogens with zero attached hydrogens (tertiary/aromatic N) is 1. The molecule has 1 heterocycles. The molecule has 1 aromatic heterocycles. The van der Waals surface area contributed by atoms with Crippen LogP contribution in [-0.2, 0) is 11.3 Å². The quantitative estimate of drug-likeness (QED) is 0.579. The van der Waals surface area contributed by atoms with Crippen LogP contribution in [0.4, 0.5) is 4.79 Å². The van der Waals surface area contributed by atoms with E-state index < -0.39 is 18.0 Å². The highest BCUT2D eigenvalue weighted by Crippen LogP contribution is 1.96. The van der Waals surface area contributed by atoms with Crippen LogP contribution in [0.5, 0.6) is 0 Å². The Hall–Kier alpha value is -2.05. The Kier molecular flexibility index (Phi) is 4.99. The van der Waals surface area contributed by atoms with Gasteiger partial charge in [-0.3, -0.25) is 0 Å². The molecule has 4 N–H and O–H groups in total. The predicted molar refractivity (Wildman–Crippen MR) is 60.3 cm³/mol. The standard InChI is InChI=1S/C10H16N4O3/c1-2-3-7(9(15)16)14-10(17)13-6-8-11-4-5-12-8/h4-5,7H,2-3,6H2,1H3,(H,11,12)(H,15,16)(H2,13,14,17)/t7-/m0/s1. The lowest BCUT2D eigenvalue weighted by molar-refractivity contribution is -0.139. The number of rotatable bonds is 6. The maximum Gasteiger partial charge on any atom is 0.326 e. The van der Waals surface area contributed by atoms with Crippen molar-refractivity contribution < 1.29 is 14.7 Å². The van der Waals surface area contributed by atoms with Gasteiger partial charge in [0, 0.05) is 12.4 Å². The molecule has 0 radical (unpaired) electrons. The molecule has 2 amide bonds. The molecule has 7 heteroatoms. The largest absolute Gasteiger partial charge is 0.480 e. The van der Waals surface area contributed by atoms with Crippen molar-refractivity contribution in [1.29, 1.82) is 0 Å². The van der Waals surface area contributed by atoms with Crippen LogP contribution < -0.4 is 10.6 Å². The minimum absolute atomic E-state index is 0.233. The summed E-state index contributed by atoms with van der Waals surface area (Å²) in [5.74, 6) is -0.414. The van der Waals surface area contributed by atoms with Gasteiger partial charge in [0.2, 0.25) is 0 Å². The van der Waals surface area contributed by atoms with Crippen LogP contribution in [0.3, 0.4) is 0 Å². The Bertz CT molecular complexity index is 364. The van der Waals surface area contributed by atoms with Gasteiger partial charge in [0.05, 0.1) is 6.54 Å². The monoisotopic (exact) mass is 240 g/mol. The molecule has 0 aliphatic heterocycles. The number of carbonyl (C=O) groups is 2. The predicted octanol–water partition coefficient (Wildman–Crippen LogP) is 0.462. The van der Waals surface area contributed by atoms with Gasteiger partial charge in [-0.1, -0.05) is 13.3 Å². The molecule has 7 nitrogen and oxygen atoms in total. The molecule has 0 spiro atoms. The Morgan fingerprint density at radius 2 is 2.35 bits per heavy atom. The van der Waals surface area contributed by atoms with Gasteiger partial charge >= 0.3 is 12.0 Å². The molecule has 94 valence electrons. The lowest BCUT2D eigenvalue weighted by atomic mass is 10.2. The summed E-state index contributed by atoms with van der Waals surface area (Å²) < 4.78 is 0. The van der Waals surface area contributed by atoms with Gasteiger partial charge in [-0.2, -0.15) is 0 Å². The summed E-state index contributed by atoms with van der Waals surface area (Å²) in [6, 6.07) is -1.36. The van der Waals surface area contributed by atoms with E-state index in [2.05, 4.69) is 20.6 Å². The van der Waals surface area contributed by atoms with Crippen LogP contribution in [0.25, 0.3) is 0 Å². The molecular formula is C10H16N4O3. The molecule has 1 atom stereocenters. The van der Waals surface area contributed by atoms with Crippen LogP contribution in [0, 0.1) is 0 Å². The number of nitrogens with one attached hydrogen (secondary N) is 3. The summed E-state index contributed by atoms with van der Waals surface area (Å²) in [7, 11) is 0. The Morgan fingerprint density at radius 3 is 2.88 bits per heavy atom. The average molecular weight is 240 g/mol. The van der Waals surface area contributed by atoms with Crippen LogP contribution >= 0.6 is 0 Å². The number of aromatic amines is 1. The molecule has 0 saturated heterocycles. The van der Waals surface area contributed by atoms with Crippen molar-refractivity contribution in [3.8, 4) is 0 Å². The first-order chi connectivity index (χ1) is 8.13. The van der Waals surface area contributed by atoms with Gasteiger partial charge < -0.3 is 20.7 Å². The first-order valence-corrected chi connectivity index (χ1v) is 5.39. The first-order valence-electron chi connectivity index (χ1n) is 5.39. The molecule has 0 aliphatic carbocycles. The average Bonchev–Trinajstić information content (AvgIpc) is 2.78. The van der Waals surface area contributed by atoms with Crippen molar-refractivity contribution in [3.05, 3.63) is 18.2 Å². The topological polar surface area (TPSA) is 107 Å². The van der Waals surface area contributed by atoms with Crippen molar-refractivity contribution in [3.63, 3.8) is 0 Å². The van der Waals surface area contributed by atoms with E-state index >= 15 is 0 Å². The maximum atomic E-state index is 11.4. The first kappa shape index (κ1) is 13.0. The number of carbonyl (C=O) groups excluding carboxylic acids is 1. The fraction of sp³-hybridized carbons (Fsp3) is 0.500. The number of amides is 2. The number of carboxylic acid groups (broad SMARTS) is 1. The number of hydrogen-bond donors (Lipinski definition) is 4. The lowest BCUT2D eigenvalue weighted by Crippen LogP contribution is -2.45. The number of H-pyrrole nitrogens is 1. The summed E-state index contributed by atoms with van der Waals surface area (Å²) in [6.07, 6.45) is 4.32. The van der Waals surface area contributed by atoms with Crippen LogP contribution in [0.15, 0.2) is 12.4 Å². The Morgan fingerprint density at radius 1 is 1.59 bits per heavy atom. The van der Waals surface area contributed by atoms with Gasteiger partial charge in [-0.25, -0.2) is 14.6 Å². The van der Waals surface area contributed by atoms with E-state index in [9.17, 15) is 9.59 Å². The molecule has 17 heavy (non-hydrogen) atoms. The van der Waals surface area contributed by atoms with E-state index in [4.69, 9.17) is 5.11 Å². The summed E-state index contributed by atoms with van der Waals surface area (Å²) in [5.41, 5.74) is 0. The van der Waals surface area contributed by atoms with E-state index in [0.29, 0.717) is 18.7 Å². The number of aliphatic carboxylic acids is 1. The molecule has 0 fully saturated rings. The van der Waals surface area contributed by atoms with Crippen molar-refractivity contribution in [2.45, 2.75) is 32.4 Å². The molecule has 0 unspecified atom stereocenters. The van der Waals surface area contributed by atoms with E-state index in [0.717, 1.165) is 0 Å². The Labute approximate surface area is 98.6 Å².